The third-order valence-corrected chi connectivity index (χ3v) is 4.09. The molecule has 1 unspecified atom stereocenters. The Bertz CT molecular complexity index is 835. The van der Waals surface area contributed by atoms with E-state index in [1.165, 1.54) is 0 Å². The fraction of sp³-hybridized carbons (Fsp3) is 0.500. The summed E-state index contributed by atoms with van der Waals surface area (Å²) in [6.45, 7) is 5.94. The number of H-pyrrole nitrogens is 1. The van der Waals surface area contributed by atoms with Crippen molar-refractivity contribution in [3.63, 3.8) is 0 Å². The molecule has 1 atom stereocenters. The summed E-state index contributed by atoms with van der Waals surface area (Å²) in [6.07, 6.45) is 7.44. The summed E-state index contributed by atoms with van der Waals surface area (Å²) in [4.78, 5) is 9.06. The lowest BCUT2D eigenvalue weighted by Gasteiger charge is -2.22. The molecule has 0 radical (unpaired) electrons. The SMILES string of the molecule is CC(C)Oc1c(-c2cn[nH]c2)ncc2nc(NC3CCCNC3)nn12. The number of aromatic amines is 1. The van der Waals surface area contributed by atoms with E-state index in [0.29, 0.717) is 29.2 Å². The number of piperidine rings is 1. The average Bonchev–Trinajstić information content (AvgIpc) is 3.25. The Balaban J connectivity index is 1.72. The van der Waals surface area contributed by atoms with Crippen LogP contribution in [0.4, 0.5) is 5.95 Å². The zero-order chi connectivity index (χ0) is 17.2. The number of hydrogen-bond donors (Lipinski definition) is 3. The van der Waals surface area contributed by atoms with E-state index in [2.05, 4.69) is 35.9 Å². The maximum absolute atomic E-state index is 6.00. The third-order valence-electron chi connectivity index (χ3n) is 4.09. The Morgan fingerprint density at radius 1 is 1.36 bits per heavy atom. The quantitative estimate of drug-likeness (QED) is 0.645. The first kappa shape index (κ1) is 15.8. The van der Waals surface area contributed by atoms with Gasteiger partial charge < -0.3 is 15.4 Å². The van der Waals surface area contributed by atoms with Gasteiger partial charge in [0.15, 0.2) is 5.65 Å². The summed E-state index contributed by atoms with van der Waals surface area (Å²) in [5.41, 5.74) is 2.18. The zero-order valence-electron chi connectivity index (χ0n) is 14.4. The molecule has 132 valence electrons. The summed E-state index contributed by atoms with van der Waals surface area (Å²) in [5.74, 6) is 1.16. The highest BCUT2D eigenvalue weighted by atomic mass is 16.5. The van der Waals surface area contributed by atoms with Crippen LogP contribution < -0.4 is 15.4 Å². The molecule has 0 spiro atoms. The van der Waals surface area contributed by atoms with Crippen molar-refractivity contribution < 1.29 is 4.74 Å². The summed E-state index contributed by atoms with van der Waals surface area (Å²) in [6, 6.07) is 0.335. The number of aromatic nitrogens is 6. The maximum Gasteiger partial charge on any atom is 0.244 e. The lowest BCUT2D eigenvalue weighted by molar-refractivity contribution is 0.227. The number of hydrogen-bond acceptors (Lipinski definition) is 7. The van der Waals surface area contributed by atoms with Gasteiger partial charge >= 0.3 is 0 Å². The van der Waals surface area contributed by atoms with E-state index in [0.717, 1.165) is 31.5 Å². The highest BCUT2D eigenvalue weighted by Crippen LogP contribution is 2.28. The van der Waals surface area contributed by atoms with E-state index >= 15 is 0 Å². The van der Waals surface area contributed by atoms with Crippen LogP contribution in [0.15, 0.2) is 18.6 Å². The fourth-order valence-electron chi connectivity index (χ4n) is 2.96. The average molecular weight is 342 g/mol. The molecule has 0 amide bonds. The minimum absolute atomic E-state index is 0.0128. The Morgan fingerprint density at radius 3 is 3.00 bits per heavy atom. The summed E-state index contributed by atoms with van der Waals surface area (Å²) < 4.78 is 7.70. The Kier molecular flexibility index (Phi) is 4.22. The second-order valence-electron chi connectivity index (χ2n) is 6.46. The molecule has 1 saturated heterocycles. The first-order chi connectivity index (χ1) is 12.2. The van der Waals surface area contributed by atoms with Gasteiger partial charge in [0.05, 0.1) is 18.5 Å². The molecule has 0 aliphatic carbocycles. The lowest BCUT2D eigenvalue weighted by Crippen LogP contribution is -2.38. The molecule has 1 fully saturated rings. The minimum atomic E-state index is -0.0128. The topological polar surface area (TPSA) is 105 Å². The van der Waals surface area contributed by atoms with Crippen LogP contribution in [-0.2, 0) is 0 Å². The molecule has 1 aliphatic rings. The number of anilines is 1. The van der Waals surface area contributed by atoms with Crippen LogP contribution >= 0.6 is 0 Å². The van der Waals surface area contributed by atoms with Gasteiger partial charge in [0.2, 0.25) is 11.8 Å². The van der Waals surface area contributed by atoms with Crippen molar-refractivity contribution in [2.45, 2.75) is 38.8 Å². The van der Waals surface area contributed by atoms with E-state index in [1.807, 2.05) is 13.8 Å². The van der Waals surface area contributed by atoms with Gasteiger partial charge in [-0.15, -0.1) is 5.10 Å². The molecule has 3 N–H and O–H groups in total. The van der Waals surface area contributed by atoms with Crippen LogP contribution in [0.3, 0.4) is 0 Å². The number of nitrogens with zero attached hydrogens (tertiary/aromatic N) is 5. The number of rotatable bonds is 5. The van der Waals surface area contributed by atoms with Crippen LogP contribution in [-0.4, -0.2) is 55.0 Å². The van der Waals surface area contributed by atoms with Crippen LogP contribution in [0.5, 0.6) is 5.88 Å². The third kappa shape index (κ3) is 3.27. The van der Waals surface area contributed by atoms with Crippen molar-refractivity contribution in [1.29, 1.82) is 0 Å². The fourth-order valence-corrected chi connectivity index (χ4v) is 2.96. The number of ether oxygens (including phenoxy) is 1. The smallest absolute Gasteiger partial charge is 0.244 e. The number of fused-ring (bicyclic) bond motifs is 1. The molecular formula is C16H22N8O. The van der Waals surface area contributed by atoms with Gasteiger partial charge in [-0.1, -0.05) is 0 Å². The van der Waals surface area contributed by atoms with Gasteiger partial charge in [0, 0.05) is 24.3 Å². The van der Waals surface area contributed by atoms with Gasteiger partial charge in [-0.2, -0.15) is 14.6 Å². The van der Waals surface area contributed by atoms with Crippen molar-refractivity contribution in [2.75, 3.05) is 18.4 Å². The van der Waals surface area contributed by atoms with Gasteiger partial charge in [-0.25, -0.2) is 4.98 Å². The minimum Gasteiger partial charge on any atom is -0.473 e. The molecule has 0 aromatic carbocycles. The first-order valence-electron chi connectivity index (χ1n) is 8.59. The van der Waals surface area contributed by atoms with Crippen molar-refractivity contribution in [3.05, 3.63) is 18.6 Å². The van der Waals surface area contributed by atoms with Gasteiger partial charge in [0.1, 0.15) is 5.69 Å². The van der Waals surface area contributed by atoms with Crippen LogP contribution in [0.2, 0.25) is 0 Å². The van der Waals surface area contributed by atoms with E-state index in [4.69, 9.17) is 4.74 Å². The van der Waals surface area contributed by atoms with Crippen LogP contribution in [0.1, 0.15) is 26.7 Å². The van der Waals surface area contributed by atoms with E-state index in [9.17, 15) is 0 Å². The van der Waals surface area contributed by atoms with Crippen molar-refractivity contribution >= 4 is 11.6 Å². The summed E-state index contributed by atoms with van der Waals surface area (Å²) in [7, 11) is 0. The molecule has 9 heteroatoms. The van der Waals surface area contributed by atoms with Gasteiger partial charge in [-0.3, -0.25) is 5.10 Å². The van der Waals surface area contributed by atoms with E-state index in [1.54, 1.807) is 23.1 Å². The molecule has 25 heavy (non-hydrogen) atoms. The van der Waals surface area contributed by atoms with E-state index < -0.39 is 0 Å². The van der Waals surface area contributed by atoms with Gasteiger partial charge in [-0.05, 0) is 33.2 Å². The molecule has 0 saturated carbocycles. The molecule has 3 aromatic heterocycles. The Labute approximate surface area is 145 Å². The van der Waals surface area contributed by atoms with E-state index in [-0.39, 0.29) is 6.10 Å². The summed E-state index contributed by atoms with van der Waals surface area (Å²) in [5, 5.41) is 18.2. The predicted octanol–water partition coefficient (Wildman–Crippen LogP) is 1.47. The van der Waals surface area contributed by atoms with Crippen molar-refractivity contribution in [1.82, 2.24) is 35.1 Å². The predicted molar refractivity (Wildman–Crippen MR) is 93.6 cm³/mol. The second kappa shape index (κ2) is 6.67. The molecule has 9 nitrogen and oxygen atoms in total. The first-order valence-corrected chi connectivity index (χ1v) is 8.59. The largest absolute Gasteiger partial charge is 0.473 e. The molecule has 1 aliphatic heterocycles. The summed E-state index contributed by atoms with van der Waals surface area (Å²) >= 11 is 0. The highest BCUT2D eigenvalue weighted by Gasteiger charge is 2.20. The van der Waals surface area contributed by atoms with Crippen LogP contribution in [0, 0.1) is 0 Å². The molecule has 4 rings (SSSR count). The Morgan fingerprint density at radius 2 is 2.28 bits per heavy atom. The highest BCUT2D eigenvalue weighted by molar-refractivity contribution is 5.65. The van der Waals surface area contributed by atoms with Crippen molar-refractivity contribution in [3.8, 4) is 17.1 Å². The van der Waals surface area contributed by atoms with Crippen LogP contribution in [0.25, 0.3) is 16.9 Å². The molecular weight excluding hydrogens is 320 g/mol. The Hall–Kier alpha value is -2.68. The monoisotopic (exact) mass is 342 g/mol. The van der Waals surface area contributed by atoms with Gasteiger partial charge in [0.25, 0.3) is 0 Å². The normalized spacial score (nSPS) is 18.0. The zero-order valence-corrected chi connectivity index (χ0v) is 14.4. The standard InChI is InChI=1S/C16H22N8O/c1-10(2)25-15-14(11-6-19-20-7-11)18-9-13-22-16(23-24(13)15)21-12-4-3-5-17-8-12/h6-7,9-10,12,17H,3-5,8H2,1-2H3,(H,19,20)(H,21,23). The molecule has 3 aromatic rings. The molecule has 0 bridgehead atoms. The lowest BCUT2D eigenvalue weighted by atomic mass is 10.1. The molecule has 4 heterocycles. The maximum atomic E-state index is 6.00. The van der Waals surface area contributed by atoms with Crippen molar-refractivity contribution in [2.24, 2.45) is 0 Å². The second-order valence-corrected chi connectivity index (χ2v) is 6.46. The number of nitrogens with one attached hydrogen (secondary N) is 3.